The molecule has 2 heterocycles. The molecule has 19 heavy (non-hydrogen) atoms. The van der Waals surface area contributed by atoms with Crippen molar-refractivity contribution in [3.63, 3.8) is 0 Å². The molecule has 2 aromatic heterocycles. The van der Waals surface area contributed by atoms with Crippen LogP contribution in [-0.4, -0.2) is 21.6 Å². The highest BCUT2D eigenvalue weighted by Crippen LogP contribution is 2.32. The van der Waals surface area contributed by atoms with Gasteiger partial charge >= 0.3 is 6.18 Å². The molecule has 0 radical (unpaired) electrons. The Kier molecular flexibility index (Phi) is 3.46. The van der Waals surface area contributed by atoms with Gasteiger partial charge in [0.05, 0.1) is 5.56 Å². The second kappa shape index (κ2) is 4.91. The van der Waals surface area contributed by atoms with Crippen LogP contribution < -0.4 is 5.32 Å². The number of alkyl halides is 3. The zero-order valence-corrected chi connectivity index (χ0v) is 10.5. The Balaban J connectivity index is 2.57. The Morgan fingerprint density at radius 1 is 1.32 bits per heavy atom. The highest BCUT2D eigenvalue weighted by Gasteiger charge is 2.32. The van der Waals surface area contributed by atoms with Gasteiger partial charge in [0.25, 0.3) is 0 Å². The number of nitrogens with one attached hydrogen (secondary N) is 1. The van der Waals surface area contributed by atoms with Gasteiger partial charge in [0.2, 0.25) is 0 Å². The van der Waals surface area contributed by atoms with E-state index in [2.05, 4.69) is 15.3 Å². The second-order valence-corrected chi connectivity index (χ2v) is 3.91. The minimum Gasteiger partial charge on any atom is -0.373 e. The Hall–Kier alpha value is -2.05. The molecule has 0 unspecified atom stereocenters. The SMILES string of the molecule is CCn1ccnc1-c1cc(C(F)(F)F)cc(NC)n1. The number of imidazole rings is 1. The molecule has 0 bridgehead atoms. The lowest BCUT2D eigenvalue weighted by atomic mass is 10.2. The van der Waals surface area contributed by atoms with Crippen molar-refractivity contribution in [2.24, 2.45) is 0 Å². The quantitative estimate of drug-likeness (QED) is 0.932. The van der Waals surface area contributed by atoms with Gasteiger partial charge in [-0.3, -0.25) is 0 Å². The fourth-order valence-corrected chi connectivity index (χ4v) is 1.73. The summed E-state index contributed by atoms with van der Waals surface area (Å²) in [5.74, 6) is 0.584. The lowest BCUT2D eigenvalue weighted by molar-refractivity contribution is -0.137. The van der Waals surface area contributed by atoms with E-state index in [1.165, 1.54) is 7.05 Å². The third-order valence-corrected chi connectivity index (χ3v) is 2.69. The van der Waals surface area contributed by atoms with Crippen LogP contribution in [0.4, 0.5) is 19.0 Å². The maximum Gasteiger partial charge on any atom is 0.416 e. The smallest absolute Gasteiger partial charge is 0.373 e. The first-order valence-corrected chi connectivity index (χ1v) is 5.74. The van der Waals surface area contributed by atoms with E-state index in [9.17, 15) is 13.2 Å². The molecule has 0 atom stereocenters. The lowest BCUT2D eigenvalue weighted by Crippen LogP contribution is -2.08. The fourth-order valence-electron chi connectivity index (χ4n) is 1.73. The normalized spacial score (nSPS) is 11.6. The number of aryl methyl sites for hydroxylation is 1. The highest BCUT2D eigenvalue weighted by atomic mass is 19.4. The molecule has 1 N–H and O–H groups in total. The molecule has 0 spiro atoms. The molecule has 7 heteroatoms. The van der Waals surface area contributed by atoms with Gasteiger partial charge in [-0.1, -0.05) is 0 Å². The number of pyridine rings is 1. The van der Waals surface area contributed by atoms with Crippen molar-refractivity contribution in [1.29, 1.82) is 0 Å². The van der Waals surface area contributed by atoms with Gasteiger partial charge < -0.3 is 9.88 Å². The molecule has 0 fully saturated rings. The monoisotopic (exact) mass is 270 g/mol. The van der Waals surface area contributed by atoms with Crippen LogP contribution in [-0.2, 0) is 12.7 Å². The van der Waals surface area contributed by atoms with Crippen LogP contribution in [0.25, 0.3) is 11.5 Å². The Bertz CT molecular complexity index is 575. The molecule has 4 nitrogen and oxygen atoms in total. The second-order valence-electron chi connectivity index (χ2n) is 3.91. The number of nitrogens with zero attached hydrogens (tertiary/aromatic N) is 3. The summed E-state index contributed by atoms with van der Waals surface area (Å²) < 4.78 is 40.2. The number of anilines is 1. The van der Waals surface area contributed by atoms with Gasteiger partial charge in [-0.05, 0) is 19.1 Å². The van der Waals surface area contributed by atoms with Crippen molar-refractivity contribution in [3.05, 3.63) is 30.1 Å². The minimum absolute atomic E-state index is 0.162. The lowest BCUT2D eigenvalue weighted by Gasteiger charge is -2.11. The summed E-state index contributed by atoms with van der Waals surface area (Å²) in [7, 11) is 1.53. The molecular formula is C12H13F3N4. The van der Waals surface area contributed by atoms with Crippen LogP contribution in [0.1, 0.15) is 12.5 Å². The molecule has 0 aromatic carbocycles. The minimum atomic E-state index is -4.41. The molecular weight excluding hydrogens is 257 g/mol. The van der Waals surface area contributed by atoms with E-state index in [-0.39, 0.29) is 11.5 Å². The molecule has 0 aliphatic heterocycles. The van der Waals surface area contributed by atoms with E-state index < -0.39 is 11.7 Å². The molecule has 0 saturated carbocycles. The van der Waals surface area contributed by atoms with E-state index in [1.807, 2.05) is 6.92 Å². The third-order valence-electron chi connectivity index (χ3n) is 2.69. The summed E-state index contributed by atoms with van der Waals surface area (Å²) in [6, 6.07) is 1.98. The van der Waals surface area contributed by atoms with E-state index in [0.29, 0.717) is 12.4 Å². The summed E-state index contributed by atoms with van der Waals surface area (Å²) in [4.78, 5) is 8.18. The van der Waals surface area contributed by atoms with Crippen molar-refractivity contribution < 1.29 is 13.2 Å². The summed E-state index contributed by atoms with van der Waals surface area (Å²) in [5, 5.41) is 2.63. The van der Waals surface area contributed by atoms with Crippen molar-refractivity contribution in [3.8, 4) is 11.5 Å². The number of halogens is 3. The van der Waals surface area contributed by atoms with Crippen LogP contribution in [0.2, 0.25) is 0 Å². The van der Waals surface area contributed by atoms with Crippen LogP contribution in [0, 0.1) is 0 Å². The summed E-state index contributed by atoms with van der Waals surface area (Å²) in [5.41, 5.74) is -0.543. The third kappa shape index (κ3) is 2.69. The van der Waals surface area contributed by atoms with Gasteiger partial charge in [-0.2, -0.15) is 13.2 Å². The first-order valence-electron chi connectivity index (χ1n) is 5.74. The summed E-state index contributed by atoms with van der Waals surface area (Å²) in [6.07, 6.45) is -1.16. The van der Waals surface area contributed by atoms with Crippen molar-refractivity contribution in [2.45, 2.75) is 19.6 Å². The zero-order chi connectivity index (χ0) is 14.0. The first-order chi connectivity index (χ1) is 8.95. The van der Waals surface area contributed by atoms with E-state index >= 15 is 0 Å². The van der Waals surface area contributed by atoms with Gasteiger partial charge in [0.1, 0.15) is 11.5 Å². The maximum atomic E-state index is 12.8. The van der Waals surface area contributed by atoms with Crippen LogP contribution in [0.15, 0.2) is 24.5 Å². The molecule has 2 aromatic rings. The molecule has 0 saturated heterocycles. The molecule has 2 rings (SSSR count). The first kappa shape index (κ1) is 13.4. The molecule has 0 amide bonds. The fraction of sp³-hybridized carbons (Fsp3) is 0.333. The van der Waals surface area contributed by atoms with Crippen molar-refractivity contribution in [2.75, 3.05) is 12.4 Å². The molecule has 102 valence electrons. The van der Waals surface area contributed by atoms with Crippen molar-refractivity contribution in [1.82, 2.24) is 14.5 Å². The number of aromatic nitrogens is 3. The number of hydrogen-bond acceptors (Lipinski definition) is 3. The summed E-state index contributed by atoms with van der Waals surface area (Å²) >= 11 is 0. The van der Waals surface area contributed by atoms with Gasteiger partial charge in [0, 0.05) is 26.0 Å². The van der Waals surface area contributed by atoms with E-state index in [1.54, 1.807) is 17.0 Å². The van der Waals surface area contributed by atoms with E-state index in [0.717, 1.165) is 12.1 Å². The van der Waals surface area contributed by atoms with Gasteiger partial charge in [0.15, 0.2) is 5.82 Å². The van der Waals surface area contributed by atoms with Gasteiger partial charge in [-0.25, -0.2) is 9.97 Å². The Labute approximate surface area is 108 Å². The van der Waals surface area contributed by atoms with Crippen LogP contribution in [0.3, 0.4) is 0 Å². The Morgan fingerprint density at radius 2 is 2.05 bits per heavy atom. The average molecular weight is 270 g/mol. The number of rotatable bonds is 3. The molecule has 0 aliphatic carbocycles. The highest BCUT2D eigenvalue weighted by molar-refractivity contribution is 5.56. The van der Waals surface area contributed by atoms with E-state index in [4.69, 9.17) is 0 Å². The average Bonchev–Trinajstić information content (AvgIpc) is 2.85. The van der Waals surface area contributed by atoms with Crippen LogP contribution >= 0.6 is 0 Å². The Morgan fingerprint density at radius 3 is 2.63 bits per heavy atom. The summed E-state index contributed by atoms with van der Waals surface area (Å²) in [6.45, 7) is 2.50. The largest absolute Gasteiger partial charge is 0.416 e. The topological polar surface area (TPSA) is 42.7 Å². The maximum absolute atomic E-state index is 12.8. The van der Waals surface area contributed by atoms with Crippen molar-refractivity contribution >= 4 is 5.82 Å². The number of hydrogen-bond donors (Lipinski definition) is 1. The van der Waals surface area contributed by atoms with Gasteiger partial charge in [-0.15, -0.1) is 0 Å². The van der Waals surface area contributed by atoms with Crippen LogP contribution in [0.5, 0.6) is 0 Å². The predicted molar refractivity (Wildman–Crippen MR) is 65.7 cm³/mol. The standard InChI is InChI=1S/C12H13F3N4/c1-3-19-5-4-17-11(19)9-6-8(12(13,14)15)7-10(16-2)18-9/h4-7H,3H2,1-2H3,(H,16,18). The zero-order valence-electron chi connectivity index (χ0n) is 10.5. The molecule has 0 aliphatic rings. The predicted octanol–water partition coefficient (Wildman–Crippen LogP) is 3.03.